The summed E-state index contributed by atoms with van der Waals surface area (Å²) in [6.07, 6.45) is 5.66. The summed E-state index contributed by atoms with van der Waals surface area (Å²) in [5.74, 6) is 0.0871. The van der Waals surface area contributed by atoms with E-state index in [9.17, 15) is 4.79 Å². The van der Waals surface area contributed by atoms with Crippen molar-refractivity contribution in [2.24, 2.45) is 0 Å². The Morgan fingerprint density at radius 3 is 2.80 bits per heavy atom. The molecular weight excluding hydrogens is 256 g/mol. The molecule has 2 N–H and O–H groups in total. The third kappa shape index (κ3) is 2.74. The van der Waals surface area contributed by atoms with Crippen molar-refractivity contribution in [3.05, 3.63) is 35.8 Å². The van der Waals surface area contributed by atoms with Gasteiger partial charge in [-0.2, -0.15) is 0 Å². The number of ether oxygens (including phenoxy) is 1. The van der Waals surface area contributed by atoms with Gasteiger partial charge in [0, 0.05) is 24.2 Å². The first-order valence-corrected chi connectivity index (χ1v) is 6.40. The molecule has 0 unspecified atom stereocenters. The highest BCUT2D eigenvalue weighted by atomic mass is 16.5. The summed E-state index contributed by atoms with van der Waals surface area (Å²) >= 11 is 0. The molecule has 2 heterocycles. The van der Waals surface area contributed by atoms with Crippen LogP contribution in [0.3, 0.4) is 0 Å². The van der Waals surface area contributed by atoms with Gasteiger partial charge in [0.15, 0.2) is 5.82 Å². The average molecular weight is 272 g/mol. The maximum Gasteiger partial charge on any atom is 0.343 e. The molecule has 2 aromatic heterocycles. The lowest BCUT2D eigenvalue weighted by Gasteiger charge is -2.08. The van der Waals surface area contributed by atoms with E-state index in [2.05, 4.69) is 15.0 Å². The van der Waals surface area contributed by atoms with Crippen LogP contribution in [-0.2, 0) is 11.2 Å². The van der Waals surface area contributed by atoms with E-state index in [0.717, 1.165) is 17.5 Å². The number of carbonyl (C=O) groups is 1. The number of aryl methyl sites for hydroxylation is 1. The van der Waals surface area contributed by atoms with Crippen LogP contribution in [-0.4, -0.2) is 27.5 Å². The predicted octanol–water partition coefficient (Wildman–Crippen LogP) is 1.86. The van der Waals surface area contributed by atoms with Crippen molar-refractivity contribution in [1.82, 2.24) is 15.0 Å². The summed E-state index contributed by atoms with van der Waals surface area (Å²) in [7, 11) is 0. The van der Waals surface area contributed by atoms with Gasteiger partial charge in [0.1, 0.15) is 11.4 Å². The van der Waals surface area contributed by atoms with Crippen LogP contribution in [0.1, 0.15) is 29.8 Å². The van der Waals surface area contributed by atoms with E-state index in [4.69, 9.17) is 10.5 Å². The fourth-order valence-electron chi connectivity index (χ4n) is 1.82. The molecule has 0 aliphatic rings. The molecule has 0 fully saturated rings. The summed E-state index contributed by atoms with van der Waals surface area (Å²) in [5.41, 5.74) is 7.89. The number of pyridine rings is 1. The zero-order chi connectivity index (χ0) is 14.5. The predicted molar refractivity (Wildman–Crippen MR) is 75.0 cm³/mol. The number of aromatic nitrogens is 3. The smallest absolute Gasteiger partial charge is 0.343 e. The van der Waals surface area contributed by atoms with Gasteiger partial charge < -0.3 is 10.5 Å². The van der Waals surface area contributed by atoms with E-state index >= 15 is 0 Å². The van der Waals surface area contributed by atoms with Crippen molar-refractivity contribution in [3.8, 4) is 11.4 Å². The number of rotatable bonds is 4. The van der Waals surface area contributed by atoms with Crippen LogP contribution in [0.4, 0.5) is 5.82 Å². The zero-order valence-corrected chi connectivity index (χ0v) is 11.5. The first-order valence-electron chi connectivity index (χ1n) is 6.40. The Hall–Kier alpha value is -2.50. The van der Waals surface area contributed by atoms with E-state index in [-0.39, 0.29) is 18.0 Å². The minimum Gasteiger partial charge on any atom is -0.462 e. The molecule has 0 bridgehead atoms. The zero-order valence-electron chi connectivity index (χ0n) is 11.5. The molecular formula is C14H16N4O2. The number of nitrogen functional groups attached to an aromatic ring is 1. The number of esters is 1. The standard InChI is InChI=1S/C14H16N4O2/c1-3-9-7-16-6-5-10(9)13-17-8-11(12(15)18-13)14(19)20-4-2/h5-8H,3-4H2,1-2H3,(H2,15,17,18). The molecule has 2 rings (SSSR count). The van der Waals surface area contributed by atoms with Gasteiger partial charge in [0.2, 0.25) is 0 Å². The molecule has 0 aliphatic heterocycles. The first kappa shape index (κ1) is 13.9. The molecule has 0 atom stereocenters. The Balaban J connectivity index is 2.41. The molecule has 0 aliphatic carbocycles. The minimum absolute atomic E-state index is 0.118. The Bertz CT molecular complexity index is 628. The second kappa shape index (κ2) is 6.10. The third-order valence-electron chi connectivity index (χ3n) is 2.84. The Morgan fingerprint density at radius 2 is 2.15 bits per heavy atom. The normalized spacial score (nSPS) is 10.3. The van der Waals surface area contributed by atoms with E-state index in [0.29, 0.717) is 5.82 Å². The Morgan fingerprint density at radius 1 is 1.35 bits per heavy atom. The van der Waals surface area contributed by atoms with Crippen molar-refractivity contribution in [2.75, 3.05) is 12.3 Å². The van der Waals surface area contributed by atoms with Gasteiger partial charge in [-0.3, -0.25) is 4.98 Å². The monoisotopic (exact) mass is 272 g/mol. The number of nitrogens with zero attached hydrogens (tertiary/aromatic N) is 3. The summed E-state index contributed by atoms with van der Waals surface area (Å²) < 4.78 is 4.89. The largest absolute Gasteiger partial charge is 0.462 e. The van der Waals surface area contributed by atoms with Crippen molar-refractivity contribution >= 4 is 11.8 Å². The fraction of sp³-hybridized carbons (Fsp3) is 0.286. The van der Waals surface area contributed by atoms with E-state index < -0.39 is 5.97 Å². The molecule has 2 aromatic rings. The van der Waals surface area contributed by atoms with Gasteiger partial charge in [-0.1, -0.05) is 6.92 Å². The highest BCUT2D eigenvalue weighted by molar-refractivity contribution is 5.94. The lowest BCUT2D eigenvalue weighted by atomic mass is 10.1. The molecule has 0 spiro atoms. The van der Waals surface area contributed by atoms with E-state index in [1.54, 1.807) is 19.3 Å². The van der Waals surface area contributed by atoms with Crippen molar-refractivity contribution in [1.29, 1.82) is 0 Å². The quantitative estimate of drug-likeness (QED) is 0.854. The topological polar surface area (TPSA) is 91.0 Å². The molecule has 20 heavy (non-hydrogen) atoms. The average Bonchev–Trinajstić information content (AvgIpc) is 2.47. The van der Waals surface area contributed by atoms with Crippen molar-refractivity contribution < 1.29 is 9.53 Å². The molecule has 0 amide bonds. The van der Waals surface area contributed by atoms with Gasteiger partial charge in [0.25, 0.3) is 0 Å². The number of hydrogen-bond acceptors (Lipinski definition) is 6. The van der Waals surface area contributed by atoms with Crippen LogP contribution >= 0.6 is 0 Å². The van der Waals surface area contributed by atoms with E-state index in [1.165, 1.54) is 6.20 Å². The lowest BCUT2D eigenvalue weighted by molar-refractivity contribution is 0.0527. The fourth-order valence-corrected chi connectivity index (χ4v) is 1.82. The first-order chi connectivity index (χ1) is 9.67. The summed E-state index contributed by atoms with van der Waals surface area (Å²) in [5, 5.41) is 0. The highest BCUT2D eigenvalue weighted by Gasteiger charge is 2.15. The van der Waals surface area contributed by atoms with Crippen molar-refractivity contribution in [2.45, 2.75) is 20.3 Å². The Labute approximate surface area is 117 Å². The van der Waals surface area contributed by atoms with Crippen LogP contribution in [0.5, 0.6) is 0 Å². The number of hydrogen-bond donors (Lipinski definition) is 1. The number of nitrogens with two attached hydrogens (primary N) is 1. The van der Waals surface area contributed by atoms with Gasteiger partial charge in [-0.25, -0.2) is 14.8 Å². The van der Waals surface area contributed by atoms with Gasteiger partial charge in [0.05, 0.1) is 6.61 Å². The molecule has 6 heteroatoms. The van der Waals surface area contributed by atoms with Crippen LogP contribution in [0, 0.1) is 0 Å². The second-order valence-corrected chi connectivity index (χ2v) is 4.10. The maximum atomic E-state index is 11.6. The maximum absolute atomic E-state index is 11.6. The SMILES string of the molecule is CCOC(=O)c1cnc(-c2ccncc2CC)nc1N. The van der Waals surface area contributed by atoms with Gasteiger partial charge in [-0.15, -0.1) is 0 Å². The van der Waals surface area contributed by atoms with Crippen LogP contribution in [0.2, 0.25) is 0 Å². The summed E-state index contributed by atoms with van der Waals surface area (Å²) in [6.45, 7) is 4.04. The molecule has 0 aromatic carbocycles. The molecule has 0 saturated heterocycles. The van der Waals surface area contributed by atoms with E-state index in [1.807, 2.05) is 13.0 Å². The molecule has 0 saturated carbocycles. The molecule has 104 valence electrons. The van der Waals surface area contributed by atoms with Crippen LogP contribution in [0.15, 0.2) is 24.7 Å². The summed E-state index contributed by atoms with van der Waals surface area (Å²) in [4.78, 5) is 24.1. The van der Waals surface area contributed by atoms with Crippen LogP contribution in [0.25, 0.3) is 11.4 Å². The number of carbonyl (C=O) groups excluding carboxylic acids is 1. The lowest BCUT2D eigenvalue weighted by Crippen LogP contribution is -2.11. The molecule has 0 radical (unpaired) electrons. The number of anilines is 1. The van der Waals surface area contributed by atoms with Crippen molar-refractivity contribution in [3.63, 3.8) is 0 Å². The van der Waals surface area contributed by atoms with Gasteiger partial charge in [-0.05, 0) is 25.0 Å². The van der Waals surface area contributed by atoms with Crippen LogP contribution < -0.4 is 5.73 Å². The molecule has 6 nitrogen and oxygen atoms in total. The third-order valence-corrected chi connectivity index (χ3v) is 2.84. The summed E-state index contributed by atoms with van der Waals surface area (Å²) in [6, 6.07) is 1.83. The minimum atomic E-state index is -0.512. The van der Waals surface area contributed by atoms with Gasteiger partial charge >= 0.3 is 5.97 Å². The second-order valence-electron chi connectivity index (χ2n) is 4.10. The Kier molecular flexibility index (Phi) is 4.24. The highest BCUT2D eigenvalue weighted by Crippen LogP contribution is 2.21.